The van der Waals surface area contributed by atoms with Gasteiger partial charge in [-0.15, -0.1) is 12.4 Å². The van der Waals surface area contributed by atoms with E-state index in [0.717, 1.165) is 43.9 Å². The van der Waals surface area contributed by atoms with E-state index in [4.69, 9.17) is 21.1 Å². The van der Waals surface area contributed by atoms with Gasteiger partial charge in [0.05, 0.1) is 18.0 Å². The molecule has 0 amide bonds. The molecule has 2 aromatic carbocycles. The van der Waals surface area contributed by atoms with Crippen molar-refractivity contribution in [2.75, 3.05) is 46.2 Å². The first kappa shape index (κ1) is 24.8. The Bertz CT molecular complexity index is 923. The minimum Gasteiger partial charge on any atom is -0.496 e. The quantitative estimate of drug-likeness (QED) is 0.633. The second-order valence-electron chi connectivity index (χ2n) is 7.21. The fraction of sp³-hybridized carbons (Fsp3) is 0.429. The summed E-state index contributed by atoms with van der Waals surface area (Å²) < 4.78 is 34.4. The fourth-order valence-corrected chi connectivity index (χ4v) is 4.24. The van der Waals surface area contributed by atoms with Gasteiger partial charge < -0.3 is 19.7 Å². The van der Waals surface area contributed by atoms with Gasteiger partial charge in [0.15, 0.2) is 9.84 Å². The predicted molar refractivity (Wildman–Crippen MR) is 122 cm³/mol. The Hall–Kier alpha value is -1.51. The lowest BCUT2D eigenvalue weighted by Crippen LogP contribution is -2.53. The molecule has 1 atom stereocenters. The highest BCUT2D eigenvalue weighted by Crippen LogP contribution is 2.23. The van der Waals surface area contributed by atoms with Crippen LogP contribution in [0.2, 0.25) is 5.02 Å². The molecule has 0 radical (unpaired) electrons. The van der Waals surface area contributed by atoms with Gasteiger partial charge in [-0.2, -0.15) is 0 Å². The van der Waals surface area contributed by atoms with Crippen LogP contribution in [0.1, 0.15) is 5.56 Å². The number of ether oxygens (including phenoxy) is 2. The van der Waals surface area contributed by atoms with Crippen LogP contribution in [0.15, 0.2) is 47.4 Å². The van der Waals surface area contributed by atoms with Gasteiger partial charge in [0.2, 0.25) is 0 Å². The summed E-state index contributed by atoms with van der Waals surface area (Å²) >= 11 is 6.12. The molecule has 166 valence electrons. The van der Waals surface area contributed by atoms with Crippen LogP contribution in [0.25, 0.3) is 0 Å². The highest BCUT2D eigenvalue weighted by Gasteiger charge is 2.20. The number of hydrogen-bond acceptors (Lipinski definition) is 6. The zero-order chi connectivity index (χ0) is 20.9. The van der Waals surface area contributed by atoms with Gasteiger partial charge in [0, 0.05) is 37.5 Å². The molecule has 0 aromatic heterocycles. The van der Waals surface area contributed by atoms with Crippen LogP contribution in [0.3, 0.4) is 0 Å². The summed E-state index contributed by atoms with van der Waals surface area (Å²) in [7, 11) is -1.52. The maximum Gasteiger partial charge on any atom is 0.175 e. The molecular weight excluding hydrogens is 447 g/mol. The van der Waals surface area contributed by atoms with Gasteiger partial charge in [-0.25, -0.2) is 8.42 Å². The minimum absolute atomic E-state index is 0. The molecule has 1 N–H and O–H groups in total. The predicted octanol–water partition coefficient (Wildman–Crippen LogP) is 3.07. The molecule has 9 heteroatoms. The average Bonchev–Trinajstić information content (AvgIpc) is 2.71. The van der Waals surface area contributed by atoms with E-state index in [1.807, 2.05) is 18.2 Å². The number of sulfone groups is 1. The van der Waals surface area contributed by atoms with Crippen LogP contribution >= 0.6 is 24.0 Å². The van der Waals surface area contributed by atoms with Gasteiger partial charge in [0.1, 0.15) is 18.1 Å². The molecule has 0 spiro atoms. The van der Waals surface area contributed by atoms with E-state index >= 15 is 0 Å². The summed E-state index contributed by atoms with van der Waals surface area (Å²) in [5.74, 6) is 1.53. The number of piperazine rings is 1. The first-order valence-electron chi connectivity index (χ1n) is 9.56. The van der Waals surface area contributed by atoms with Crippen molar-refractivity contribution in [1.82, 2.24) is 10.2 Å². The van der Waals surface area contributed by atoms with E-state index in [9.17, 15) is 8.42 Å². The van der Waals surface area contributed by atoms with Gasteiger partial charge in [-0.1, -0.05) is 11.6 Å². The van der Waals surface area contributed by atoms with Crippen molar-refractivity contribution < 1.29 is 17.9 Å². The topological polar surface area (TPSA) is 67.9 Å². The Balaban J connectivity index is 0.00000320. The molecule has 0 bridgehead atoms. The smallest absolute Gasteiger partial charge is 0.175 e. The fourth-order valence-electron chi connectivity index (χ4n) is 3.41. The van der Waals surface area contributed by atoms with Crippen molar-refractivity contribution in [3.8, 4) is 11.5 Å². The number of rotatable bonds is 8. The van der Waals surface area contributed by atoms with E-state index in [0.29, 0.717) is 22.3 Å². The number of nitrogens with one attached hydrogen (secondary N) is 1. The summed E-state index contributed by atoms with van der Waals surface area (Å²) in [5.41, 5.74) is 1.11. The van der Waals surface area contributed by atoms with Crippen LogP contribution in [0.5, 0.6) is 11.5 Å². The molecule has 1 aliphatic heterocycles. The van der Waals surface area contributed by atoms with Crippen molar-refractivity contribution in [3.05, 3.63) is 53.1 Å². The second kappa shape index (κ2) is 11.2. The standard InChI is InChI=1S/C21H27ClN2O4S.ClH/c1-27-21-8-3-17(22)13-16(21)9-11-24-12-10-23-18(14-24)15-28-19-4-6-20(7-5-19)29(2,25)26;/h3-8,13,18,23H,9-12,14-15H2,1-2H3;1H/t18-;/m0./s1. The molecule has 0 unspecified atom stereocenters. The van der Waals surface area contributed by atoms with Crippen LogP contribution in [-0.4, -0.2) is 65.5 Å². The molecular formula is C21H28Cl2N2O4S. The second-order valence-corrected chi connectivity index (χ2v) is 9.66. The largest absolute Gasteiger partial charge is 0.496 e. The van der Waals surface area contributed by atoms with Crippen molar-refractivity contribution in [2.45, 2.75) is 17.4 Å². The maximum absolute atomic E-state index is 11.5. The Morgan fingerprint density at radius 2 is 1.93 bits per heavy atom. The van der Waals surface area contributed by atoms with Crippen molar-refractivity contribution in [3.63, 3.8) is 0 Å². The number of halogens is 2. The van der Waals surface area contributed by atoms with Crippen molar-refractivity contribution in [2.24, 2.45) is 0 Å². The summed E-state index contributed by atoms with van der Waals surface area (Å²) in [6, 6.07) is 12.5. The SMILES string of the molecule is COc1ccc(Cl)cc1CCN1CCN[C@H](COc2ccc(S(C)(=O)=O)cc2)C1.Cl. The molecule has 0 saturated carbocycles. The highest BCUT2D eigenvalue weighted by molar-refractivity contribution is 7.90. The molecule has 1 fully saturated rings. The number of hydrogen-bond donors (Lipinski definition) is 1. The summed E-state index contributed by atoms with van der Waals surface area (Å²) in [4.78, 5) is 2.70. The van der Waals surface area contributed by atoms with Crippen LogP contribution in [0, 0.1) is 0 Å². The Labute approximate surface area is 189 Å². The highest BCUT2D eigenvalue weighted by atomic mass is 35.5. The average molecular weight is 475 g/mol. The van der Waals surface area contributed by atoms with E-state index in [2.05, 4.69) is 10.2 Å². The lowest BCUT2D eigenvalue weighted by Gasteiger charge is -2.33. The number of nitrogens with zero attached hydrogens (tertiary/aromatic N) is 1. The van der Waals surface area contributed by atoms with Crippen LogP contribution < -0.4 is 14.8 Å². The van der Waals surface area contributed by atoms with Crippen LogP contribution in [-0.2, 0) is 16.3 Å². The van der Waals surface area contributed by atoms with E-state index in [1.54, 1.807) is 31.4 Å². The third kappa shape index (κ3) is 7.03. The van der Waals surface area contributed by atoms with Gasteiger partial charge in [-0.05, 0) is 54.4 Å². The Kier molecular flexibility index (Phi) is 9.25. The lowest BCUT2D eigenvalue weighted by molar-refractivity contribution is 0.159. The first-order valence-corrected chi connectivity index (χ1v) is 11.8. The van der Waals surface area contributed by atoms with E-state index in [1.165, 1.54) is 6.26 Å². The van der Waals surface area contributed by atoms with Gasteiger partial charge in [-0.3, -0.25) is 0 Å². The molecule has 0 aliphatic carbocycles. The summed E-state index contributed by atoms with van der Waals surface area (Å²) in [6.45, 7) is 4.19. The van der Waals surface area contributed by atoms with Gasteiger partial charge in [0.25, 0.3) is 0 Å². The zero-order valence-corrected chi connectivity index (χ0v) is 19.5. The van der Waals surface area contributed by atoms with Crippen molar-refractivity contribution >= 4 is 33.8 Å². The van der Waals surface area contributed by atoms with E-state index < -0.39 is 9.84 Å². The monoisotopic (exact) mass is 474 g/mol. The molecule has 2 aromatic rings. The summed E-state index contributed by atoms with van der Waals surface area (Å²) in [6.07, 6.45) is 2.06. The molecule has 1 saturated heterocycles. The zero-order valence-electron chi connectivity index (χ0n) is 17.1. The van der Waals surface area contributed by atoms with Crippen molar-refractivity contribution in [1.29, 1.82) is 0 Å². The molecule has 3 rings (SSSR count). The number of methoxy groups -OCH3 is 1. The first-order chi connectivity index (χ1) is 13.8. The Morgan fingerprint density at radius 1 is 1.20 bits per heavy atom. The third-order valence-corrected chi connectivity index (χ3v) is 6.35. The van der Waals surface area contributed by atoms with Gasteiger partial charge >= 0.3 is 0 Å². The lowest BCUT2D eigenvalue weighted by atomic mass is 10.1. The molecule has 1 heterocycles. The van der Waals surface area contributed by atoms with Crippen LogP contribution in [0.4, 0.5) is 0 Å². The summed E-state index contributed by atoms with van der Waals surface area (Å²) in [5, 5.41) is 4.19. The third-order valence-electron chi connectivity index (χ3n) is 4.98. The maximum atomic E-state index is 11.5. The molecule has 1 aliphatic rings. The number of benzene rings is 2. The van der Waals surface area contributed by atoms with E-state index in [-0.39, 0.29) is 18.4 Å². The normalized spacial score (nSPS) is 17.2. The Morgan fingerprint density at radius 3 is 2.60 bits per heavy atom. The molecule has 6 nitrogen and oxygen atoms in total. The minimum atomic E-state index is -3.19. The molecule has 30 heavy (non-hydrogen) atoms.